The van der Waals surface area contributed by atoms with Crippen molar-refractivity contribution in [3.63, 3.8) is 0 Å². The third-order valence-corrected chi connectivity index (χ3v) is 6.26. The van der Waals surface area contributed by atoms with E-state index >= 15 is 0 Å². The van der Waals surface area contributed by atoms with Crippen molar-refractivity contribution in [2.75, 3.05) is 37.6 Å². The Bertz CT molecular complexity index is 863. The molecule has 160 valence electrons. The van der Waals surface area contributed by atoms with E-state index in [4.69, 9.17) is 4.18 Å². The fraction of sp³-hybridized carbons (Fsp3) is 0.476. The maximum absolute atomic E-state index is 12.5. The first kappa shape index (κ1) is 23.4. The molecule has 0 radical (unpaired) electrons. The van der Waals surface area contributed by atoms with E-state index < -0.39 is 10.1 Å². The van der Waals surface area contributed by atoms with Gasteiger partial charge in [0.1, 0.15) is 10.7 Å². The van der Waals surface area contributed by atoms with Gasteiger partial charge in [0.15, 0.2) is 5.75 Å². The third-order valence-electron chi connectivity index (χ3n) is 5.00. The normalized spacial score (nSPS) is 15.2. The van der Waals surface area contributed by atoms with Gasteiger partial charge in [0.2, 0.25) is 0 Å². The lowest BCUT2D eigenvalue weighted by molar-refractivity contribution is 0.258. The largest absolute Gasteiger partial charge is 0.377 e. The minimum absolute atomic E-state index is 0. The van der Waals surface area contributed by atoms with Gasteiger partial charge in [-0.3, -0.25) is 4.90 Å². The van der Waals surface area contributed by atoms with Crippen LogP contribution in [0.4, 0.5) is 5.82 Å². The summed E-state index contributed by atoms with van der Waals surface area (Å²) in [5.41, 5.74) is 1.09. The summed E-state index contributed by atoms with van der Waals surface area (Å²) < 4.78 is 30.3. The molecule has 0 N–H and O–H groups in total. The molecule has 0 bridgehead atoms. The Labute approximate surface area is 180 Å². The highest BCUT2D eigenvalue weighted by Crippen LogP contribution is 2.23. The Morgan fingerprint density at radius 1 is 1.03 bits per heavy atom. The van der Waals surface area contributed by atoms with Gasteiger partial charge in [-0.05, 0) is 48.7 Å². The summed E-state index contributed by atoms with van der Waals surface area (Å²) in [7, 11) is -3.87. The van der Waals surface area contributed by atoms with Gasteiger partial charge >= 0.3 is 10.1 Å². The molecule has 1 aromatic carbocycles. The van der Waals surface area contributed by atoms with E-state index in [9.17, 15) is 8.42 Å². The lowest BCUT2D eigenvalue weighted by Crippen LogP contribution is -2.46. The number of rotatable bonds is 7. The van der Waals surface area contributed by atoms with E-state index in [1.54, 1.807) is 18.2 Å². The Morgan fingerprint density at radius 2 is 1.69 bits per heavy atom. The van der Waals surface area contributed by atoms with Gasteiger partial charge in [-0.15, -0.1) is 12.4 Å². The molecule has 0 atom stereocenters. The monoisotopic (exact) mass is 439 g/mol. The van der Waals surface area contributed by atoms with Crippen LogP contribution in [0.3, 0.4) is 0 Å². The van der Waals surface area contributed by atoms with Crippen LogP contribution < -0.4 is 9.08 Å². The lowest BCUT2D eigenvalue weighted by Gasteiger charge is -2.35. The first-order valence-corrected chi connectivity index (χ1v) is 11.3. The molecule has 1 aliphatic heterocycles. The quantitative estimate of drug-likeness (QED) is 0.609. The standard InChI is InChI=1S/C21H29N3O3S.ClH/c1-4-11-23-12-14-24(15-13-23)21-10-7-19(16-22-21)27-28(25,26)20-8-5-18(6-9-20)17(2)3;/h5-10,16-17H,4,11-15H2,1-3H3;1H. The molecule has 2 aromatic rings. The predicted molar refractivity (Wildman–Crippen MR) is 119 cm³/mol. The minimum atomic E-state index is -3.87. The van der Waals surface area contributed by atoms with E-state index in [2.05, 4.69) is 35.6 Å². The first-order chi connectivity index (χ1) is 13.4. The number of halogens is 1. The average molecular weight is 440 g/mol. The molecule has 1 aromatic heterocycles. The van der Waals surface area contributed by atoms with E-state index in [1.807, 2.05) is 18.2 Å². The molecule has 6 nitrogen and oxygen atoms in total. The van der Waals surface area contributed by atoms with Crippen LogP contribution in [0.1, 0.15) is 38.7 Å². The number of pyridine rings is 1. The molecule has 8 heteroatoms. The van der Waals surface area contributed by atoms with Gasteiger partial charge in [0.25, 0.3) is 0 Å². The number of anilines is 1. The summed E-state index contributed by atoms with van der Waals surface area (Å²) in [6, 6.07) is 10.3. The summed E-state index contributed by atoms with van der Waals surface area (Å²) >= 11 is 0. The molecule has 0 aliphatic carbocycles. The van der Waals surface area contributed by atoms with E-state index in [0.29, 0.717) is 5.92 Å². The van der Waals surface area contributed by atoms with Gasteiger partial charge in [-0.25, -0.2) is 4.98 Å². The number of benzene rings is 1. The third kappa shape index (κ3) is 6.07. The summed E-state index contributed by atoms with van der Waals surface area (Å²) in [5.74, 6) is 1.42. The van der Waals surface area contributed by atoms with Crippen molar-refractivity contribution >= 4 is 28.3 Å². The maximum Gasteiger partial charge on any atom is 0.339 e. The van der Waals surface area contributed by atoms with Crippen LogP contribution in [0.25, 0.3) is 0 Å². The molecule has 0 saturated carbocycles. The molecule has 29 heavy (non-hydrogen) atoms. The van der Waals surface area contributed by atoms with Crippen molar-refractivity contribution in [3.05, 3.63) is 48.2 Å². The van der Waals surface area contributed by atoms with Crippen molar-refractivity contribution < 1.29 is 12.6 Å². The smallest absolute Gasteiger partial charge is 0.339 e. The summed E-state index contributed by atoms with van der Waals surface area (Å²) in [6.45, 7) is 11.3. The highest BCUT2D eigenvalue weighted by molar-refractivity contribution is 7.87. The summed E-state index contributed by atoms with van der Waals surface area (Å²) in [6.07, 6.45) is 2.65. The maximum atomic E-state index is 12.5. The molecule has 0 unspecified atom stereocenters. The number of piperazine rings is 1. The van der Waals surface area contributed by atoms with Crippen LogP contribution >= 0.6 is 12.4 Å². The van der Waals surface area contributed by atoms with Crippen molar-refractivity contribution in [2.24, 2.45) is 0 Å². The molecule has 0 spiro atoms. The van der Waals surface area contributed by atoms with Gasteiger partial charge < -0.3 is 9.08 Å². The first-order valence-electron chi connectivity index (χ1n) is 9.87. The highest BCUT2D eigenvalue weighted by Gasteiger charge is 2.19. The van der Waals surface area contributed by atoms with Gasteiger partial charge in [-0.1, -0.05) is 32.9 Å². The van der Waals surface area contributed by atoms with Crippen LogP contribution in [0.15, 0.2) is 47.5 Å². The van der Waals surface area contributed by atoms with E-state index in [0.717, 1.165) is 44.1 Å². The Morgan fingerprint density at radius 3 is 2.21 bits per heavy atom. The summed E-state index contributed by atoms with van der Waals surface area (Å²) in [5, 5.41) is 0. The second kappa shape index (κ2) is 10.3. The van der Waals surface area contributed by atoms with Crippen molar-refractivity contribution in [3.8, 4) is 5.75 Å². The Kier molecular flexibility index (Phi) is 8.31. The second-order valence-corrected chi connectivity index (χ2v) is 8.99. The molecular formula is C21H30ClN3O3S. The topological polar surface area (TPSA) is 62.7 Å². The number of aromatic nitrogens is 1. The van der Waals surface area contributed by atoms with Crippen LogP contribution in [0, 0.1) is 0 Å². The fourth-order valence-corrected chi connectivity index (χ4v) is 4.24. The molecule has 1 saturated heterocycles. The van der Waals surface area contributed by atoms with Crippen molar-refractivity contribution in [1.29, 1.82) is 0 Å². The van der Waals surface area contributed by atoms with Crippen LogP contribution in [0.5, 0.6) is 5.75 Å². The Balaban J connectivity index is 0.00000300. The zero-order chi connectivity index (χ0) is 20.1. The van der Waals surface area contributed by atoms with E-state index in [1.165, 1.54) is 12.6 Å². The zero-order valence-corrected chi connectivity index (χ0v) is 18.9. The van der Waals surface area contributed by atoms with Crippen molar-refractivity contribution in [2.45, 2.75) is 38.0 Å². The highest BCUT2D eigenvalue weighted by atomic mass is 35.5. The molecular weight excluding hydrogens is 410 g/mol. The molecule has 2 heterocycles. The molecule has 1 fully saturated rings. The SMILES string of the molecule is CCCN1CCN(c2ccc(OS(=O)(=O)c3ccc(C(C)C)cc3)cn2)CC1.Cl. The Hall–Kier alpha value is -1.83. The second-order valence-electron chi connectivity index (χ2n) is 7.44. The average Bonchev–Trinajstić information content (AvgIpc) is 2.69. The molecule has 3 rings (SSSR count). The van der Waals surface area contributed by atoms with Crippen LogP contribution in [-0.4, -0.2) is 51.0 Å². The van der Waals surface area contributed by atoms with Gasteiger partial charge in [0, 0.05) is 26.2 Å². The van der Waals surface area contributed by atoms with Crippen LogP contribution in [0.2, 0.25) is 0 Å². The molecule has 1 aliphatic rings. The molecule has 0 amide bonds. The number of hydrogen-bond donors (Lipinski definition) is 0. The van der Waals surface area contributed by atoms with Crippen LogP contribution in [-0.2, 0) is 10.1 Å². The lowest BCUT2D eigenvalue weighted by atomic mass is 10.0. The number of nitrogens with zero attached hydrogens (tertiary/aromatic N) is 3. The van der Waals surface area contributed by atoms with Crippen molar-refractivity contribution in [1.82, 2.24) is 9.88 Å². The minimum Gasteiger partial charge on any atom is -0.377 e. The number of hydrogen-bond acceptors (Lipinski definition) is 6. The fourth-order valence-electron chi connectivity index (χ4n) is 3.32. The van der Waals surface area contributed by atoms with E-state index in [-0.39, 0.29) is 23.1 Å². The zero-order valence-electron chi connectivity index (χ0n) is 17.2. The van der Waals surface area contributed by atoms with Gasteiger partial charge in [-0.2, -0.15) is 8.42 Å². The van der Waals surface area contributed by atoms with Gasteiger partial charge in [0.05, 0.1) is 6.20 Å². The predicted octanol–water partition coefficient (Wildman–Crippen LogP) is 3.93. The summed E-state index contributed by atoms with van der Waals surface area (Å²) in [4.78, 5) is 9.22.